The minimum atomic E-state index is -2.46. The first-order valence-corrected chi connectivity index (χ1v) is 6.56. The highest BCUT2D eigenvalue weighted by Crippen LogP contribution is 2.31. The Morgan fingerprint density at radius 3 is 2.62 bits per heavy atom. The number of nitrogens with two attached hydrogens (primary N) is 1. The molecule has 0 amide bonds. The summed E-state index contributed by atoms with van der Waals surface area (Å²) in [5.41, 5.74) is 5.87. The maximum Gasteiger partial charge on any atom is 0.261 e. The highest BCUT2D eigenvalue weighted by molar-refractivity contribution is 9.11. The van der Waals surface area contributed by atoms with Crippen molar-refractivity contribution in [2.24, 2.45) is 5.73 Å². The van der Waals surface area contributed by atoms with Gasteiger partial charge in [-0.25, -0.2) is 8.78 Å². The zero-order chi connectivity index (χ0) is 12.1. The molecule has 0 aliphatic rings. The van der Waals surface area contributed by atoms with Crippen molar-refractivity contribution >= 4 is 27.3 Å². The Bertz CT molecular complexity index is 322. The van der Waals surface area contributed by atoms with Gasteiger partial charge in [-0.1, -0.05) is 6.92 Å². The molecule has 1 aromatic heterocycles. The molecule has 0 fully saturated rings. The van der Waals surface area contributed by atoms with Gasteiger partial charge in [-0.3, -0.25) is 0 Å². The van der Waals surface area contributed by atoms with E-state index >= 15 is 0 Å². The van der Waals surface area contributed by atoms with Crippen LogP contribution in [0.3, 0.4) is 0 Å². The minimum Gasteiger partial charge on any atom is -0.365 e. The number of thiophene rings is 1. The number of alkyl halides is 2. The third-order valence-corrected chi connectivity index (χ3v) is 3.82. The Morgan fingerprint density at radius 2 is 2.19 bits per heavy atom. The summed E-state index contributed by atoms with van der Waals surface area (Å²) < 4.78 is 30.3. The SMILES string of the molecule is CCC(N)C(OCC(F)F)c1ccc(Br)s1. The monoisotopic (exact) mass is 313 g/mol. The zero-order valence-electron chi connectivity index (χ0n) is 8.83. The van der Waals surface area contributed by atoms with E-state index in [2.05, 4.69) is 15.9 Å². The maximum atomic E-state index is 12.1. The standard InChI is InChI=1S/C10H14BrF2NOS/c1-2-6(14)10(15-5-9(12)13)7-3-4-8(11)16-7/h3-4,6,9-10H,2,5,14H2,1H3. The van der Waals surface area contributed by atoms with E-state index in [0.29, 0.717) is 6.42 Å². The number of ether oxygens (including phenoxy) is 1. The third-order valence-electron chi connectivity index (χ3n) is 2.14. The second-order valence-electron chi connectivity index (χ2n) is 3.36. The van der Waals surface area contributed by atoms with E-state index in [1.165, 1.54) is 11.3 Å². The van der Waals surface area contributed by atoms with Crippen molar-refractivity contribution < 1.29 is 13.5 Å². The van der Waals surface area contributed by atoms with E-state index in [4.69, 9.17) is 10.5 Å². The van der Waals surface area contributed by atoms with Crippen LogP contribution in [0.2, 0.25) is 0 Å². The van der Waals surface area contributed by atoms with Crippen LogP contribution in [-0.2, 0) is 4.74 Å². The fourth-order valence-corrected chi connectivity index (χ4v) is 2.84. The van der Waals surface area contributed by atoms with Crippen LogP contribution >= 0.6 is 27.3 Å². The van der Waals surface area contributed by atoms with Gasteiger partial charge in [0.15, 0.2) is 0 Å². The van der Waals surface area contributed by atoms with Crippen molar-refractivity contribution in [1.82, 2.24) is 0 Å². The molecule has 6 heteroatoms. The Balaban J connectivity index is 2.71. The van der Waals surface area contributed by atoms with E-state index in [1.54, 1.807) is 0 Å². The predicted octanol–water partition coefficient (Wildman–Crippen LogP) is 3.57. The molecule has 2 atom stereocenters. The van der Waals surface area contributed by atoms with Gasteiger partial charge in [0.2, 0.25) is 0 Å². The molecule has 16 heavy (non-hydrogen) atoms. The fraction of sp³-hybridized carbons (Fsp3) is 0.600. The molecule has 92 valence electrons. The Hall–Kier alpha value is -0.0400. The molecule has 0 aliphatic carbocycles. The quantitative estimate of drug-likeness (QED) is 0.871. The molecule has 2 N–H and O–H groups in total. The van der Waals surface area contributed by atoms with E-state index in [0.717, 1.165) is 8.66 Å². The molecular formula is C10H14BrF2NOS. The summed E-state index contributed by atoms with van der Waals surface area (Å²) in [5.74, 6) is 0. The Morgan fingerprint density at radius 1 is 1.50 bits per heavy atom. The second kappa shape index (κ2) is 6.64. The maximum absolute atomic E-state index is 12.1. The van der Waals surface area contributed by atoms with Crippen LogP contribution in [0.4, 0.5) is 8.78 Å². The number of hydrogen-bond acceptors (Lipinski definition) is 3. The van der Waals surface area contributed by atoms with Crippen molar-refractivity contribution in [3.8, 4) is 0 Å². The minimum absolute atomic E-state index is 0.260. The summed E-state index contributed by atoms with van der Waals surface area (Å²) in [6, 6.07) is 3.45. The lowest BCUT2D eigenvalue weighted by molar-refractivity contribution is -0.0337. The van der Waals surface area contributed by atoms with Crippen molar-refractivity contribution in [3.05, 3.63) is 20.8 Å². The van der Waals surface area contributed by atoms with Crippen LogP contribution in [0.15, 0.2) is 15.9 Å². The summed E-state index contributed by atoms with van der Waals surface area (Å²) in [6.07, 6.45) is -2.23. The van der Waals surface area contributed by atoms with Gasteiger partial charge in [0, 0.05) is 10.9 Å². The summed E-state index contributed by atoms with van der Waals surface area (Å²) in [6.45, 7) is 1.33. The Labute approximate surface area is 106 Å². The normalized spacial score (nSPS) is 15.4. The van der Waals surface area contributed by atoms with Crippen molar-refractivity contribution in [2.45, 2.75) is 31.9 Å². The van der Waals surface area contributed by atoms with Gasteiger partial charge in [0.05, 0.1) is 3.79 Å². The van der Waals surface area contributed by atoms with Gasteiger partial charge < -0.3 is 10.5 Å². The molecule has 0 aliphatic heterocycles. The molecule has 0 saturated carbocycles. The number of halogens is 3. The average molecular weight is 314 g/mol. The molecule has 0 aromatic carbocycles. The highest BCUT2D eigenvalue weighted by atomic mass is 79.9. The van der Waals surface area contributed by atoms with Crippen LogP contribution in [0.25, 0.3) is 0 Å². The predicted molar refractivity (Wildman–Crippen MR) is 65.0 cm³/mol. The van der Waals surface area contributed by atoms with E-state index < -0.39 is 19.1 Å². The average Bonchev–Trinajstić information content (AvgIpc) is 2.64. The second-order valence-corrected chi connectivity index (χ2v) is 5.85. The van der Waals surface area contributed by atoms with E-state index in [1.807, 2.05) is 19.1 Å². The first-order valence-electron chi connectivity index (χ1n) is 4.95. The van der Waals surface area contributed by atoms with Crippen LogP contribution < -0.4 is 5.73 Å². The summed E-state index contributed by atoms with van der Waals surface area (Å²) in [4.78, 5) is 0.877. The molecule has 1 heterocycles. The topological polar surface area (TPSA) is 35.2 Å². The van der Waals surface area contributed by atoms with Crippen LogP contribution in [0, 0.1) is 0 Å². The van der Waals surface area contributed by atoms with Crippen molar-refractivity contribution in [1.29, 1.82) is 0 Å². The number of rotatable bonds is 6. The van der Waals surface area contributed by atoms with Gasteiger partial charge in [-0.15, -0.1) is 11.3 Å². The van der Waals surface area contributed by atoms with Gasteiger partial charge >= 0.3 is 0 Å². The molecular weight excluding hydrogens is 300 g/mol. The molecule has 2 unspecified atom stereocenters. The van der Waals surface area contributed by atoms with E-state index in [9.17, 15) is 8.78 Å². The largest absolute Gasteiger partial charge is 0.365 e. The van der Waals surface area contributed by atoms with Crippen molar-refractivity contribution in [2.75, 3.05) is 6.61 Å². The third kappa shape index (κ3) is 4.08. The summed E-state index contributed by atoms with van der Waals surface area (Å²) in [5, 5.41) is 0. The van der Waals surface area contributed by atoms with Gasteiger partial charge in [0.25, 0.3) is 6.43 Å². The first-order chi connectivity index (χ1) is 7.54. The zero-order valence-corrected chi connectivity index (χ0v) is 11.2. The molecule has 0 saturated heterocycles. The summed E-state index contributed by atoms with van der Waals surface area (Å²) in [7, 11) is 0. The summed E-state index contributed by atoms with van der Waals surface area (Å²) >= 11 is 4.78. The van der Waals surface area contributed by atoms with Gasteiger partial charge in [0.1, 0.15) is 12.7 Å². The van der Waals surface area contributed by atoms with E-state index in [-0.39, 0.29) is 6.04 Å². The van der Waals surface area contributed by atoms with Crippen LogP contribution in [0.5, 0.6) is 0 Å². The first kappa shape index (κ1) is 14.0. The molecule has 1 rings (SSSR count). The number of hydrogen-bond donors (Lipinski definition) is 1. The lowest BCUT2D eigenvalue weighted by Crippen LogP contribution is -2.30. The smallest absolute Gasteiger partial charge is 0.261 e. The van der Waals surface area contributed by atoms with Gasteiger partial charge in [-0.2, -0.15) is 0 Å². The Kier molecular flexibility index (Phi) is 5.82. The fourth-order valence-electron chi connectivity index (χ4n) is 1.29. The molecule has 2 nitrogen and oxygen atoms in total. The highest BCUT2D eigenvalue weighted by Gasteiger charge is 2.22. The van der Waals surface area contributed by atoms with Crippen LogP contribution in [-0.4, -0.2) is 19.1 Å². The van der Waals surface area contributed by atoms with Crippen LogP contribution in [0.1, 0.15) is 24.3 Å². The van der Waals surface area contributed by atoms with Gasteiger partial charge in [-0.05, 0) is 34.5 Å². The van der Waals surface area contributed by atoms with Crippen molar-refractivity contribution in [3.63, 3.8) is 0 Å². The molecule has 0 radical (unpaired) electrons. The lowest BCUT2D eigenvalue weighted by atomic mass is 10.1. The lowest BCUT2D eigenvalue weighted by Gasteiger charge is -2.22. The molecule has 0 bridgehead atoms. The molecule has 1 aromatic rings. The molecule has 0 spiro atoms.